The van der Waals surface area contributed by atoms with E-state index in [1.54, 1.807) is 16.7 Å². The summed E-state index contributed by atoms with van der Waals surface area (Å²) in [5.41, 5.74) is 0.728. The normalized spacial score (nSPS) is 24.0. The van der Waals surface area contributed by atoms with E-state index >= 15 is 0 Å². The number of urea groups is 1. The predicted molar refractivity (Wildman–Crippen MR) is 144 cm³/mol. The lowest BCUT2D eigenvalue weighted by atomic mass is 9.85. The molecule has 0 aromatic heterocycles. The second-order valence-corrected chi connectivity index (χ2v) is 13.2. The summed E-state index contributed by atoms with van der Waals surface area (Å²) < 4.78 is 5.07. The van der Waals surface area contributed by atoms with Crippen LogP contribution in [0.15, 0.2) is 30.3 Å². The Hall–Kier alpha value is -2.22. The van der Waals surface area contributed by atoms with Crippen LogP contribution in [0.2, 0.25) is 0 Å². The molecule has 1 saturated carbocycles. The van der Waals surface area contributed by atoms with Crippen molar-refractivity contribution in [2.75, 3.05) is 19.4 Å². The van der Waals surface area contributed by atoms with E-state index < -0.39 is 17.5 Å². The molecule has 1 aliphatic carbocycles. The molecule has 3 amide bonds. The minimum absolute atomic E-state index is 0.0135. The van der Waals surface area contributed by atoms with Gasteiger partial charge in [-0.15, -0.1) is 0 Å². The van der Waals surface area contributed by atoms with Gasteiger partial charge in [-0.2, -0.15) is 11.8 Å². The lowest BCUT2D eigenvalue weighted by Crippen LogP contribution is -2.60. The molecule has 36 heavy (non-hydrogen) atoms. The van der Waals surface area contributed by atoms with Gasteiger partial charge in [0.1, 0.15) is 12.1 Å². The summed E-state index contributed by atoms with van der Waals surface area (Å²) in [4.78, 5) is 41.2. The number of carbonyl (C=O) groups excluding carboxylic acids is 3. The molecule has 8 heteroatoms. The first-order chi connectivity index (χ1) is 16.8. The first-order valence-electron chi connectivity index (χ1n) is 12.9. The second kappa shape index (κ2) is 11.0. The molecule has 200 valence electrons. The molecule has 7 nitrogen and oxygen atoms in total. The van der Waals surface area contributed by atoms with Gasteiger partial charge < -0.3 is 20.3 Å². The number of ether oxygens (including phenoxy) is 1. The number of esters is 1. The van der Waals surface area contributed by atoms with Crippen molar-refractivity contribution in [2.24, 2.45) is 28.6 Å². The van der Waals surface area contributed by atoms with Crippen LogP contribution in [0, 0.1) is 28.6 Å². The van der Waals surface area contributed by atoms with Crippen LogP contribution in [0.4, 0.5) is 4.79 Å². The first kappa shape index (κ1) is 28.4. The van der Waals surface area contributed by atoms with Crippen molar-refractivity contribution in [3.8, 4) is 0 Å². The fourth-order valence-electron chi connectivity index (χ4n) is 5.34. The highest BCUT2D eigenvalue weighted by molar-refractivity contribution is 7.98. The molecule has 1 aliphatic heterocycles. The predicted octanol–water partition coefficient (Wildman–Crippen LogP) is 4.31. The molecule has 2 aliphatic rings. The summed E-state index contributed by atoms with van der Waals surface area (Å²) in [6, 6.07) is 8.48. The number of methoxy groups -OCH3 is 1. The van der Waals surface area contributed by atoms with E-state index in [2.05, 4.69) is 50.5 Å². The third-order valence-corrected chi connectivity index (χ3v) is 8.99. The van der Waals surface area contributed by atoms with E-state index in [0.717, 1.165) is 11.5 Å². The number of nitrogens with one attached hydrogen (secondary N) is 2. The Morgan fingerprint density at radius 1 is 1.14 bits per heavy atom. The standard InChI is InChI=1S/C28H43N3O4S/c1-17(2)20(16-36-15-18-12-10-9-11-13-18)29-26(34)30-23(27(3,4)5)24(32)31-14-19-21(28(19,6)7)22(31)25(33)35-8/h9-13,17,19-23H,14-16H2,1-8H3,(H2,29,30,34)/t19-,20+,21-,22-,23+/m0/s1. The van der Waals surface area contributed by atoms with Gasteiger partial charge in [0, 0.05) is 30.0 Å². The maximum absolute atomic E-state index is 13.8. The first-order valence-corrected chi connectivity index (χ1v) is 14.0. The Morgan fingerprint density at radius 3 is 2.33 bits per heavy atom. The van der Waals surface area contributed by atoms with Crippen molar-refractivity contribution in [1.82, 2.24) is 15.5 Å². The molecule has 0 spiro atoms. The zero-order valence-corrected chi connectivity index (χ0v) is 23.8. The molecule has 1 aromatic carbocycles. The summed E-state index contributed by atoms with van der Waals surface area (Å²) in [5, 5.41) is 6.05. The second-order valence-electron chi connectivity index (χ2n) is 12.2. The van der Waals surface area contributed by atoms with Gasteiger partial charge in [0.25, 0.3) is 0 Å². The molecule has 0 radical (unpaired) electrons. The highest BCUT2D eigenvalue weighted by atomic mass is 32.2. The average molecular weight is 518 g/mol. The topological polar surface area (TPSA) is 87.7 Å². The number of benzene rings is 1. The van der Waals surface area contributed by atoms with E-state index in [4.69, 9.17) is 4.74 Å². The van der Waals surface area contributed by atoms with Gasteiger partial charge in [-0.25, -0.2) is 9.59 Å². The van der Waals surface area contributed by atoms with Crippen LogP contribution >= 0.6 is 11.8 Å². The maximum atomic E-state index is 13.8. The van der Waals surface area contributed by atoms with Crippen LogP contribution in [0.25, 0.3) is 0 Å². The van der Waals surface area contributed by atoms with E-state index in [1.165, 1.54) is 12.7 Å². The minimum Gasteiger partial charge on any atom is -0.467 e. The lowest BCUT2D eigenvalue weighted by Gasteiger charge is -2.37. The molecule has 3 rings (SSSR count). The number of nitrogens with zero attached hydrogens (tertiary/aromatic N) is 1. The number of hydrogen-bond donors (Lipinski definition) is 2. The van der Waals surface area contributed by atoms with E-state index in [1.807, 2.05) is 39.0 Å². The molecule has 1 saturated heterocycles. The summed E-state index contributed by atoms with van der Waals surface area (Å²) in [7, 11) is 1.36. The molecule has 2 N–H and O–H groups in total. The van der Waals surface area contributed by atoms with Gasteiger partial charge in [0.05, 0.1) is 7.11 Å². The third kappa shape index (κ3) is 6.18. The fraction of sp³-hybridized carbons (Fsp3) is 0.679. The number of hydrogen-bond acceptors (Lipinski definition) is 5. The van der Waals surface area contributed by atoms with Crippen LogP contribution in [-0.4, -0.2) is 60.3 Å². The van der Waals surface area contributed by atoms with Gasteiger partial charge in [-0.05, 0) is 28.2 Å². The van der Waals surface area contributed by atoms with Gasteiger partial charge in [0.2, 0.25) is 5.91 Å². The Bertz CT molecular complexity index is 944. The summed E-state index contributed by atoms with van der Waals surface area (Å²) in [6.07, 6.45) is 0. The maximum Gasteiger partial charge on any atom is 0.328 e. The van der Waals surface area contributed by atoms with Gasteiger partial charge in [0.15, 0.2) is 0 Å². The van der Waals surface area contributed by atoms with E-state index in [9.17, 15) is 14.4 Å². The monoisotopic (exact) mass is 517 g/mol. The summed E-state index contributed by atoms with van der Waals surface area (Å²) >= 11 is 1.78. The van der Waals surface area contributed by atoms with E-state index in [-0.39, 0.29) is 47.1 Å². The molecule has 0 unspecified atom stereocenters. The molecular formula is C28H43N3O4S. The number of likely N-dealkylation sites (tertiary alicyclic amines) is 1. The Labute approximate surface area is 220 Å². The van der Waals surface area contributed by atoms with Crippen molar-refractivity contribution >= 4 is 29.7 Å². The van der Waals surface area contributed by atoms with Gasteiger partial charge in [-0.1, -0.05) is 78.8 Å². The molecule has 1 heterocycles. The van der Waals surface area contributed by atoms with Crippen LogP contribution in [0.3, 0.4) is 0 Å². The number of amides is 3. The van der Waals surface area contributed by atoms with Crippen molar-refractivity contribution < 1.29 is 19.1 Å². The fourth-order valence-corrected chi connectivity index (χ4v) is 6.61. The van der Waals surface area contributed by atoms with Crippen molar-refractivity contribution in [3.05, 3.63) is 35.9 Å². The summed E-state index contributed by atoms with van der Waals surface area (Å²) in [6.45, 7) is 14.7. The average Bonchev–Trinajstić information content (AvgIpc) is 3.14. The minimum atomic E-state index is -0.768. The molecule has 2 fully saturated rings. The number of thioether (sulfide) groups is 1. The van der Waals surface area contributed by atoms with Crippen molar-refractivity contribution in [2.45, 2.75) is 72.3 Å². The van der Waals surface area contributed by atoms with Gasteiger partial charge >= 0.3 is 12.0 Å². The van der Waals surface area contributed by atoms with Crippen LogP contribution in [0.5, 0.6) is 0 Å². The quantitative estimate of drug-likeness (QED) is 0.477. The van der Waals surface area contributed by atoms with Crippen LogP contribution in [-0.2, 0) is 20.1 Å². The van der Waals surface area contributed by atoms with E-state index in [0.29, 0.717) is 6.54 Å². The largest absolute Gasteiger partial charge is 0.467 e. The van der Waals surface area contributed by atoms with Crippen molar-refractivity contribution in [1.29, 1.82) is 0 Å². The van der Waals surface area contributed by atoms with Crippen molar-refractivity contribution in [3.63, 3.8) is 0 Å². The smallest absolute Gasteiger partial charge is 0.328 e. The number of carbonyl (C=O) groups is 3. The van der Waals surface area contributed by atoms with Gasteiger partial charge in [-0.3, -0.25) is 4.79 Å². The highest BCUT2D eigenvalue weighted by Gasteiger charge is 2.70. The Balaban J connectivity index is 1.65. The van der Waals surface area contributed by atoms with Crippen LogP contribution < -0.4 is 10.6 Å². The zero-order valence-electron chi connectivity index (χ0n) is 23.0. The Kier molecular flexibility index (Phi) is 8.69. The number of rotatable bonds is 9. The summed E-state index contributed by atoms with van der Waals surface area (Å²) in [5.74, 6) is 1.63. The molecule has 0 bridgehead atoms. The highest BCUT2D eigenvalue weighted by Crippen LogP contribution is 2.65. The third-order valence-electron chi connectivity index (χ3n) is 7.85. The number of piperidine rings is 1. The molecular weight excluding hydrogens is 474 g/mol. The van der Waals surface area contributed by atoms with Crippen LogP contribution in [0.1, 0.15) is 54.0 Å². The molecule has 1 aromatic rings. The number of fused-ring (bicyclic) bond motifs is 1. The lowest BCUT2D eigenvalue weighted by molar-refractivity contribution is -0.154. The zero-order chi connectivity index (χ0) is 26.8. The molecule has 5 atom stereocenters. The SMILES string of the molecule is COC(=O)[C@@H]1[C@@H]2[C@H](CN1C(=O)[C@@H](NC(=O)N[C@H](CSCc1ccccc1)C(C)C)C(C)(C)C)C2(C)C. The Morgan fingerprint density at radius 2 is 1.78 bits per heavy atom.